The SMILES string of the molecule is CC(=O)N1CCc2cc(C(=O)NCCN(C)c3ccccc3)ccc21. The Morgan fingerprint density at radius 3 is 2.64 bits per heavy atom. The summed E-state index contributed by atoms with van der Waals surface area (Å²) in [7, 11) is 2.01. The van der Waals surface area contributed by atoms with Crippen molar-refractivity contribution in [1.82, 2.24) is 5.32 Å². The maximum atomic E-state index is 12.4. The lowest BCUT2D eigenvalue weighted by molar-refractivity contribution is -0.116. The Morgan fingerprint density at radius 2 is 1.92 bits per heavy atom. The van der Waals surface area contributed by atoms with Crippen LogP contribution in [0, 0.1) is 0 Å². The molecule has 0 aliphatic carbocycles. The summed E-state index contributed by atoms with van der Waals surface area (Å²) in [5, 5.41) is 2.96. The molecule has 5 heteroatoms. The molecule has 3 rings (SSSR count). The molecule has 2 amide bonds. The van der Waals surface area contributed by atoms with Gasteiger partial charge in [0.05, 0.1) is 0 Å². The van der Waals surface area contributed by atoms with E-state index in [2.05, 4.69) is 10.2 Å². The van der Waals surface area contributed by atoms with Gasteiger partial charge in [-0.1, -0.05) is 18.2 Å². The van der Waals surface area contributed by atoms with Crippen LogP contribution in [0.25, 0.3) is 0 Å². The number of likely N-dealkylation sites (N-methyl/N-ethyl adjacent to an activating group) is 1. The molecular formula is C20H23N3O2. The summed E-state index contributed by atoms with van der Waals surface area (Å²) in [5.74, 6) is -0.0366. The van der Waals surface area contributed by atoms with Crippen LogP contribution in [0.3, 0.4) is 0 Å². The van der Waals surface area contributed by atoms with Gasteiger partial charge in [-0.15, -0.1) is 0 Å². The van der Waals surface area contributed by atoms with Gasteiger partial charge in [-0.25, -0.2) is 0 Å². The summed E-state index contributed by atoms with van der Waals surface area (Å²) in [6, 6.07) is 15.6. The number of hydrogen-bond acceptors (Lipinski definition) is 3. The molecule has 5 nitrogen and oxygen atoms in total. The van der Waals surface area contributed by atoms with Gasteiger partial charge >= 0.3 is 0 Å². The van der Waals surface area contributed by atoms with Gasteiger partial charge in [0, 0.05) is 50.5 Å². The second kappa shape index (κ2) is 7.38. The van der Waals surface area contributed by atoms with Crippen molar-refractivity contribution in [2.45, 2.75) is 13.3 Å². The van der Waals surface area contributed by atoms with Crippen LogP contribution in [0.15, 0.2) is 48.5 Å². The predicted molar refractivity (Wildman–Crippen MR) is 100 cm³/mol. The van der Waals surface area contributed by atoms with Crippen LogP contribution < -0.4 is 15.1 Å². The summed E-state index contributed by atoms with van der Waals surface area (Å²) >= 11 is 0. The Bertz CT molecular complexity index is 774. The van der Waals surface area contributed by atoms with E-state index in [0.717, 1.165) is 29.9 Å². The van der Waals surface area contributed by atoms with Crippen LogP contribution in [0.4, 0.5) is 11.4 Å². The minimum atomic E-state index is -0.0782. The molecule has 130 valence electrons. The highest BCUT2D eigenvalue weighted by Gasteiger charge is 2.23. The summed E-state index contributed by atoms with van der Waals surface area (Å²) in [4.78, 5) is 27.8. The number of anilines is 2. The molecule has 0 fully saturated rings. The Kier molecular flexibility index (Phi) is 5.03. The average molecular weight is 337 g/mol. The minimum Gasteiger partial charge on any atom is -0.373 e. The van der Waals surface area contributed by atoms with Gasteiger partial charge in [0.25, 0.3) is 5.91 Å². The molecule has 0 bridgehead atoms. The number of nitrogens with one attached hydrogen (secondary N) is 1. The molecule has 2 aromatic carbocycles. The molecule has 0 spiro atoms. The second-order valence-electron chi connectivity index (χ2n) is 6.28. The smallest absolute Gasteiger partial charge is 0.251 e. The number of rotatable bonds is 5. The lowest BCUT2D eigenvalue weighted by atomic mass is 10.1. The minimum absolute atomic E-state index is 0.0416. The van der Waals surface area contributed by atoms with Gasteiger partial charge in [-0.05, 0) is 42.3 Å². The first-order chi connectivity index (χ1) is 12.1. The molecule has 2 aromatic rings. The largest absolute Gasteiger partial charge is 0.373 e. The van der Waals surface area contributed by atoms with Crippen molar-refractivity contribution in [3.05, 3.63) is 59.7 Å². The van der Waals surface area contributed by atoms with Crippen LogP contribution in [-0.4, -0.2) is 38.5 Å². The van der Waals surface area contributed by atoms with Crippen molar-refractivity contribution < 1.29 is 9.59 Å². The third kappa shape index (κ3) is 3.82. The normalized spacial score (nSPS) is 12.6. The second-order valence-corrected chi connectivity index (χ2v) is 6.28. The zero-order chi connectivity index (χ0) is 17.8. The molecule has 0 atom stereocenters. The molecule has 0 radical (unpaired) electrons. The van der Waals surface area contributed by atoms with Crippen molar-refractivity contribution in [1.29, 1.82) is 0 Å². The molecular weight excluding hydrogens is 314 g/mol. The molecule has 25 heavy (non-hydrogen) atoms. The van der Waals surface area contributed by atoms with Gasteiger partial charge in [0.15, 0.2) is 0 Å². The van der Waals surface area contributed by atoms with Gasteiger partial charge in [0.1, 0.15) is 0 Å². The van der Waals surface area contributed by atoms with Crippen molar-refractivity contribution in [3.8, 4) is 0 Å². The van der Waals surface area contributed by atoms with E-state index in [1.54, 1.807) is 17.9 Å². The fraction of sp³-hybridized carbons (Fsp3) is 0.300. The first kappa shape index (κ1) is 17.0. The number of amides is 2. The summed E-state index contributed by atoms with van der Waals surface area (Å²) in [6.45, 7) is 3.57. The van der Waals surface area contributed by atoms with E-state index in [4.69, 9.17) is 0 Å². The number of carbonyl (C=O) groups excluding carboxylic acids is 2. The molecule has 1 aliphatic heterocycles. The third-order valence-electron chi connectivity index (χ3n) is 4.55. The zero-order valence-corrected chi connectivity index (χ0v) is 14.7. The number of hydrogen-bond donors (Lipinski definition) is 1. The maximum Gasteiger partial charge on any atom is 0.251 e. The molecule has 1 aliphatic rings. The number of carbonyl (C=O) groups is 2. The molecule has 0 unspecified atom stereocenters. The van der Waals surface area contributed by atoms with E-state index in [-0.39, 0.29) is 11.8 Å². The fourth-order valence-electron chi connectivity index (χ4n) is 3.12. The molecule has 1 N–H and O–H groups in total. The predicted octanol–water partition coefficient (Wildman–Crippen LogP) is 2.46. The van der Waals surface area contributed by atoms with Crippen LogP contribution in [0.1, 0.15) is 22.8 Å². The van der Waals surface area contributed by atoms with Crippen molar-refractivity contribution in [2.75, 3.05) is 36.5 Å². The molecule has 0 saturated carbocycles. The number of para-hydroxylation sites is 1. The highest BCUT2D eigenvalue weighted by molar-refractivity contribution is 5.97. The lowest BCUT2D eigenvalue weighted by Crippen LogP contribution is -2.33. The van der Waals surface area contributed by atoms with Crippen molar-refractivity contribution in [3.63, 3.8) is 0 Å². The Hall–Kier alpha value is -2.82. The third-order valence-corrected chi connectivity index (χ3v) is 4.55. The maximum absolute atomic E-state index is 12.4. The Balaban J connectivity index is 1.56. The van der Waals surface area contributed by atoms with Crippen LogP contribution in [0.2, 0.25) is 0 Å². The van der Waals surface area contributed by atoms with Crippen LogP contribution >= 0.6 is 0 Å². The van der Waals surface area contributed by atoms with Gasteiger partial charge in [-0.3, -0.25) is 9.59 Å². The standard InChI is InChI=1S/C20H23N3O2/c1-15(24)23-12-10-16-14-17(8-9-19(16)23)20(25)21-11-13-22(2)18-6-4-3-5-7-18/h3-9,14H,10-13H2,1-2H3,(H,21,25). The highest BCUT2D eigenvalue weighted by atomic mass is 16.2. The number of nitrogens with zero attached hydrogens (tertiary/aromatic N) is 2. The zero-order valence-electron chi connectivity index (χ0n) is 14.7. The van der Waals surface area contributed by atoms with Gasteiger partial charge in [0.2, 0.25) is 5.91 Å². The lowest BCUT2D eigenvalue weighted by Gasteiger charge is -2.19. The average Bonchev–Trinajstić information content (AvgIpc) is 3.05. The van der Waals surface area contributed by atoms with E-state index in [1.165, 1.54) is 0 Å². The van der Waals surface area contributed by atoms with E-state index in [1.807, 2.05) is 49.5 Å². The number of benzene rings is 2. The molecule has 1 heterocycles. The topological polar surface area (TPSA) is 52.7 Å². The van der Waals surface area contributed by atoms with E-state index < -0.39 is 0 Å². The summed E-state index contributed by atoms with van der Waals surface area (Å²) in [6.07, 6.45) is 0.798. The van der Waals surface area contributed by atoms with E-state index >= 15 is 0 Å². The van der Waals surface area contributed by atoms with Crippen LogP contribution in [0.5, 0.6) is 0 Å². The molecule has 0 saturated heterocycles. The monoisotopic (exact) mass is 337 g/mol. The van der Waals surface area contributed by atoms with E-state index in [9.17, 15) is 9.59 Å². The van der Waals surface area contributed by atoms with Crippen molar-refractivity contribution in [2.24, 2.45) is 0 Å². The van der Waals surface area contributed by atoms with Gasteiger partial charge < -0.3 is 15.1 Å². The van der Waals surface area contributed by atoms with E-state index in [0.29, 0.717) is 18.7 Å². The quantitative estimate of drug-likeness (QED) is 0.912. The Morgan fingerprint density at radius 1 is 1.16 bits per heavy atom. The summed E-state index contributed by atoms with van der Waals surface area (Å²) in [5.41, 5.74) is 3.75. The number of fused-ring (bicyclic) bond motifs is 1. The first-order valence-electron chi connectivity index (χ1n) is 8.51. The highest BCUT2D eigenvalue weighted by Crippen LogP contribution is 2.28. The first-order valence-corrected chi connectivity index (χ1v) is 8.51. The van der Waals surface area contributed by atoms with Gasteiger partial charge in [-0.2, -0.15) is 0 Å². The van der Waals surface area contributed by atoms with Crippen LogP contribution in [-0.2, 0) is 11.2 Å². The van der Waals surface area contributed by atoms with Crippen molar-refractivity contribution >= 4 is 23.2 Å². The summed E-state index contributed by atoms with van der Waals surface area (Å²) < 4.78 is 0. The fourth-order valence-corrected chi connectivity index (χ4v) is 3.12. The Labute approximate surface area is 148 Å². The molecule has 0 aromatic heterocycles.